The number of rotatable bonds is 3. The minimum absolute atomic E-state index is 0.112. The zero-order chi connectivity index (χ0) is 15.2. The van der Waals surface area contributed by atoms with Crippen molar-refractivity contribution in [1.29, 1.82) is 0 Å². The third-order valence-corrected chi connectivity index (χ3v) is 4.40. The van der Waals surface area contributed by atoms with Gasteiger partial charge in [0.2, 0.25) is 0 Å². The first-order valence-corrected chi connectivity index (χ1v) is 8.03. The molecule has 1 atom stereocenters. The molecule has 0 aromatic carbocycles. The second-order valence-corrected chi connectivity index (χ2v) is 5.82. The summed E-state index contributed by atoms with van der Waals surface area (Å²) in [6.07, 6.45) is 5.25. The molecule has 2 aliphatic heterocycles. The number of carboxylic acid groups (broad SMARTS) is 1. The number of carbonyl (C=O) groups excluding carboxylic acids is 1. The van der Waals surface area contributed by atoms with Gasteiger partial charge >= 0.3 is 12.0 Å². The fraction of sp³-hybridized carbons (Fsp3) is 0.867. The normalized spacial score (nSPS) is 24.7. The Hall–Kier alpha value is -1.30. The largest absolute Gasteiger partial charge is 0.480 e. The maximum absolute atomic E-state index is 12.6. The van der Waals surface area contributed by atoms with Gasteiger partial charge in [0.25, 0.3) is 0 Å². The zero-order valence-corrected chi connectivity index (χ0v) is 12.8. The maximum Gasteiger partial charge on any atom is 0.326 e. The Morgan fingerprint density at radius 1 is 1.10 bits per heavy atom. The Kier molecular flexibility index (Phi) is 5.85. The lowest BCUT2D eigenvalue weighted by Gasteiger charge is -2.37. The molecular formula is C15H26N2O4. The molecule has 0 aromatic heterocycles. The van der Waals surface area contributed by atoms with Gasteiger partial charge in [-0.15, -0.1) is 0 Å². The quantitative estimate of drug-likeness (QED) is 0.864. The minimum Gasteiger partial charge on any atom is -0.480 e. The summed E-state index contributed by atoms with van der Waals surface area (Å²) in [5.74, 6) is -0.880. The highest BCUT2D eigenvalue weighted by Crippen LogP contribution is 2.21. The second-order valence-electron chi connectivity index (χ2n) is 5.82. The van der Waals surface area contributed by atoms with Crippen LogP contribution in [0.15, 0.2) is 0 Å². The molecule has 2 aliphatic rings. The predicted octanol–water partition coefficient (Wildman–Crippen LogP) is 1.94. The fourth-order valence-corrected chi connectivity index (χ4v) is 3.23. The molecule has 0 bridgehead atoms. The summed E-state index contributed by atoms with van der Waals surface area (Å²) in [5.41, 5.74) is 0. The molecule has 2 heterocycles. The van der Waals surface area contributed by atoms with Gasteiger partial charge < -0.3 is 19.6 Å². The number of hydrogen-bond donors (Lipinski definition) is 1. The van der Waals surface area contributed by atoms with Crippen molar-refractivity contribution in [3.8, 4) is 0 Å². The zero-order valence-electron chi connectivity index (χ0n) is 12.8. The van der Waals surface area contributed by atoms with Crippen LogP contribution in [0, 0.1) is 0 Å². The lowest BCUT2D eigenvalue weighted by Crippen LogP contribution is -2.53. The molecule has 2 amide bonds. The first-order chi connectivity index (χ1) is 10.1. The topological polar surface area (TPSA) is 70.1 Å². The number of nitrogens with zero attached hydrogens (tertiary/aromatic N) is 2. The number of carbonyl (C=O) groups is 2. The molecule has 2 saturated heterocycles. The molecule has 1 N–H and O–H groups in total. The maximum atomic E-state index is 12.6. The van der Waals surface area contributed by atoms with Crippen LogP contribution < -0.4 is 0 Å². The molecule has 0 saturated carbocycles. The highest BCUT2D eigenvalue weighted by molar-refractivity contribution is 5.82. The standard InChI is InChI=1S/C15H26N2O4/c1-2-21-12-7-10-16(11-8-12)15(20)17-9-5-3-4-6-13(17)14(18)19/h12-13H,2-11H2,1H3,(H,18,19). The van der Waals surface area contributed by atoms with Crippen LogP contribution >= 0.6 is 0 Å². The van der Waals surface area contributed by atoms with Crippen molar-refractivity contribution in [2.24, 2.45) is 0 Å². The molecule has 0 spiro atoms. The van der Waals surface area contributed by atoms with Crippen molar-refractivity contribution in [2.45, 2.75) is 57.6 Å². The Labute approximate surface area is 126 Å². The molecule has 6 heteroatoms. The van der Waals surface area contributed by atoms with Crippen molar-refractivity contribution < 1.29 is 19.4 Å². The number of amides is 2. The van der Waals surface area contributed by atoms with Gasteiger partial charge in [0.15, 0.2) is 0 Å². The van der Waals surface area contributed by atoms with Gasteiger partial charge in [-0.25, -0.2) is 9.59 Å². The average molecular weight is 298 g/mol. The minimum atomic E-state index is -0.880. The van der Waals surface area contributed by atoms with Crippen molar-refractivity contribution in [3.05, 3.63) is 0 Å². The molecule has 0 radical (unpaired) electrons. The van der Waals surface area contributed by atoms with E-state index in [0.717, 1.165) is 32.1 Å². The SMILES string of the molecule is CCOC1CCN(C(=O)N2CCCCCC2C(=O)O)CC1. The van der Waals surface area contributed by atoms with Gasteiger partial charge in [-0.05, 0) is 32.6 Å². The molecule has 1 unspecified atom stereocenters. The summed E-state index contributed by atoms with van der Waals surface area (Å²) in [6.45, 7) is 4.55. The number of hydrogen-bond acceptors (Lipinski definition) is 3. The van der Waals surface area contributed by atoms with E-state index in [4.69, 9.17) is 4.74 Å². The lowest BCUT2D eigenvalue weighted by atomic mass is 10.1. The molecular weight excluding hydrogens is 272 g/mol. The molecule has 6 nitrogen and oxygen atoms in total. The van der Waals surface area contributed by atoms with Gasteiger partial charge in [-0.1, -0.05) is 12.8 Å². The van der Waals surface area contributed by atoms with Crippen LogP contribution in [-0.4, -0.2) is 65.3 Å². The molecule has 2 fully saturated rings. The molecule has 0 aromatic rings. The first-order valence-electron chi connectivity index (χ1n) is 8.03. The first kappa shape index (κ1) is 16.1. The summed E-state index contributed by atoms with van der Waals surface area (Å²) in [5, 5.41) is 9.36. The van der Waals surface area contributed by atoms with E-state index in [2.05, 4.69) is 0 Å². The predicted molar refractivity (Wildman–Crippen MR) is 78.2 cm³/mol. The van der Waals surface area contributed by atoms with Gasteiger partial charge in [0.05, 0.1) is 6.10 Å². The van der Waals surface area contributed by atoms with Gasteiger partial charge in [0, 0.05) is 26.2 Å². The van der Waals surface area contributed by atoms with E-state index < -0.39 is 12.0 Å². The van der Waals surface area contributed by atoms with E-state index in [1.807, 2.05) is 6.92 Å². The third kappa shape index (κ3) is 4.09. The summed E-state index contributed by atoms with van der Waals surface area (Å²) in [6, 6.07) is -0.774. The van der Waals surface area contributed by atoms with Crippen LogP contribution in [0.4, 0.5) is 4.79 Å². The van der Waals surface area contributed by atoms with E-state index >= 15 is 0 Å². The lowest BCUT2D eigenvalue weighted by molar-refractivity contribution is -0.142. The molecule has 0 aliphatic carbocycles. The molecule has 21 heavy (non-hydrogen) atoms. The smallest absolute Gasteiger partial charge is 0.326 e. The highest BCUT2D eigenvalue weighted by atomic mass is 16.5. The van der Waals surface area contributed by atoms with Crippen molar-refractivity contribution in [3.63, 3.8) is 0 Å². The van der Waals surface area contributed by atoms with Crippen molar-refractivity contribution in [1.82, 2.24) is 9.80 Å². The Morgan fingerprint density at radius 2 is 1.81 bits per heavy atom. The summed E-state index contributed by atoms with van der Waals surface area (Å²) in [7, 11) is 0. The number of aliphatic carboxylic acids is 1. The van der Waals surface area contributed by atoms with Crippen LogP contribution in [-0.2, 0) is 9.53 Å². The number of piperidine rings is 1. The summed E-state index contributed by atoms with van der Waals surface area (Å²) < 4.78 is 5.59. The Bertz CT molecular complexity index is 367. The van der Waals surface area contributed by atoms with E-state index in [1.54, 1.807) is 9.80 Å². The van der Waals surface area contributed by atoms with E-state index in [-0.39, 0.29) is 12.1 Å². The highest BCUT2D eigenvalue weighted by Gasteiger charge is 2.34. The number of carboxylic acids is 1. The van der Waals surface area contributed by atoms with Crippen LogP contribution in [0.5, 0.6) is 0 Å². The van der Waals surface area contributed by atoms with Crippen LogP contribution in [0.3, 0.4) is 0 Å². The second kappa shape index (κ2) is 7.64. The number of likely N-dealkylation sites (tertiary alicyclic amines) is 2. The van der Waals surface area contributed by atoms with Crippen molar-refractivity contribution >= 4 is 12.0 Å². The van der Waals surface area contributed by atoms with Crippen molar-refractivity contribution in [2.75, 3.05) is 26.2 Å². The molecule has 120 valence electrons. The Morgan fingerprint density at radius 3 is 2.43 bits per heavy atom. The molecule has 2 rings (SSSR count). The van der Waals surface area contributed by atoms with Gasteiger partial charge in [0.1, 0.15) is 6.04 Å². The monoisotopic (exact) mass is 298 g/mol. The van der Waals surface area contributed by atoms with E-state index in [1.165, 1.54) is 0 Å². The Balaban J connectivity index is 1.96. The fourth-order valence-electron chi connectivity index (χ4n) is 3.23. The number of ether oxygens (including phenoxy) is 1. The summed E-state index contributed by atoms with van der Waals surface area (Å²) in [4.78, 5) is 27.4. The van der Waals surface area contributed by atoms with Crippen LogP contribution in [0.25, 0.3) is 0 Å². The summed E-state index contributed by atoms with van der Waals surface area (Å²) >= 11 is 0. The van der Waals surface area contributed by atoms with Gasteiger partial charge in [-0.2, -0.15) is 0 Å². The third-order valence-electron chi connectivity index (χ3n) is 4.40. The number of urea groups is 1. The van der Waals surface area contributed by atoms with E-state index in [0.29, 0.717) is 32.7 Å². The average Bonchev–Trinajstić information content (AvgIpc) is 2.73. The van der Waals surface area contributed by atoms with Gasteiger partial charge in [-0.3, -0.25) is 0 Å². The van der Waals surface area contributed by atoms with E-state index in [9.17, 15) is 14.7 Å². The van der Waals surface area contributed by atoms with Crippen LogP contribution in [0.1, 0.15) is 45.4 Å². The van der Waals surface area contributed by atoms with Crippen LogP contribution in [0.2, 0.25) is 0 Å².